The summed E-state index contributed by atoms with van der Waals surface area (Å²) >= 11 is 0. The van der Waals surface area contributed by atoms with E-state index in [-0.39, 0.29) is 11.6 Å². The van der Waals surface area contributed by atoms with Crippen molar-refractivity contribution >= 4 is 20.9 Å². The molecule has 150 valence electrons. The van der Waals surface area contributed by atoms with E-state index in [1.165, 1.54) is 30.6 Å². The number of rotatable bonds is 4. The van der Waals surface area contributed by atoms with Gasteiger partial charge in [0.15, 0.2) is 0 Å². The highest BCUT2D eigenvalue weighted by atomic mass is 32.2. The lowest BCUT2D eigenvalue weighted by atomic mass is 10.2. The van der Waals surface area contributed by atoms with E-state index in [9.17, 15) is 21.6 Å². The minimum Gasteiger partial charge on any atom is -0.408 e. The molecule has 0 N–H and O–H groups in total. The number of aromatic nitrogens is 4. The number of alkyl halides is 3. The van der Waals surface area contributed by atoms with Crippen molar-refractivity contribution in [3.8, 4) is 22.9 Å². The molecule has 0 fully saturated rings. The van der Waals surface area contributed by atoms with Crippen LogP contribution in [-0.4, -0.2) is 40.8 Å². The Hall–Kier alpha value is -3.41. The quantitative estimate of drug-likeness (QED) is 0.495. The van der Waals surface area contributed by atoms with E-state index in [1.54, 1.807) is 22.8 Å². The maximum atomic E-state index is 12.3. The van der Waals surface area contributed by atoms with Crippen molar-refractivity contribution in [2.45, 2.75) is 11.6 Å². The van der Waals surface area contributed by atoms with Crippen molar-refractivity contribution in [1.29, 1.82) is 0 Å². The van der Waals surface area contributed by atoms with E-state index < -0.39 is 21.4 Å². The molecule has 0 saturated carbocycles. The fourth-order valence-corrected chi connectivity index (χ4v) is 3.05. The van der Waals surface area contributed by atoms with Gasteiger partial charge in [0.05, 0.1) is 11.0 Å². The number of benzene rings is 2. The lowest BCUT2D eigenvalue weighted by molar-refractivity contribution is -0.274. The number of ether oxygens (including phenoxy) is 1. The molecular weight excluding hydrogens is 413 g/mol. The normalized spacial score (nSPS) is 12.4. The SMILES string of the molecule is CS(=O)(=O)c1nnc(-c2ccc3ncn(-c4ccc(OC(F)(F)F)cc4)c3c2)o1. The van der Waals surface area contributed by atoms with Crippen LogP contribution in [0.5, 0.6) is 5.75 Å². The highest BCUT2D eigenvalue weighted by Crippen LogP contribution is 2.28. The highest BCUT2D eigenvalue weighted by molar-refractivity contribution is 7.90. The molecule has 0 aliphatic heterocycles. The Morgan fingerprint density at radius 3 is 2.41 bits per heavy atom. The first kappa shape index (κ1) is 18.9. The highest BCUT2D eigenvalue weighted by Gasteiger charge is 2.31. The van der Waals surface area contributed by atoms with Gasteiger partial charge in [-0.25, -0.2) is 13.4 Å². The van der Waals surface area contributed by atoms with Crippen LogP contribution in [0.25, 0.3) is 28.2 Å². The van der Waals surface area contributed by atoms with E-state index in [2.05, 4.69) is 19.9 Å². The summed E-state index contributed by atoms with van der Waals surface area (Å²) in [5, 5.41) is 6.76. The van der Waals surface area contributed by atoms with Gasteiger partial charge in [0.25, 0.3) is 0 Å². The Labute approximate surface area is 161 Å². The van der Waals surface area contributed by atoms with E-state index >= 15 is 0 Å². The Morgan fingerprint density at radius 1 is 1.07 bits per heavy atom. The van der Waals surface area contributed by atoms with Crippen LogP contribution in [0, 0.1) is 0 Å². The van der Waals surface area contributed by atoms with Crippen LogP contribution in [0.15, 0.2) is 58.4 Å². The van der Waals surface area contributed by atoms with Crippen molar-refractivity contribution in [3.63, 3.8) is 0 Å². The predicted molar refractivity (Wildman–Crippen MR) is 94.2 cm³/mol. The van der Waals surface area contributed by atoms with Crippen LogP contribution in [0.3, 0.4) is 0 Å². The Balaban J connectivity index is 1.72. The first-order valence-corrected chi connectivity index (χ1v) is 9.86. The van der Waals surface area contributed by atoms with Crippen LogP contribution < -0.4 is 4.74 Å². The largest absolute Gasteiger partial charge is 0.573 e. The smallest absolute Gasteiger partial charge is 0.408 e. The van der Waals surface area contributed by atoms with Crippen molar-refractivity contribution in [1.82, 2.24) is 19.7 Å². The lowest BCUT2D eigenvalue weighted by Gasteiger charge is -2.10. The fourth-order valence-electron chi connectivity index (χ4n) is 2.63. The van der Waals surface area contributed by atoms with Crippen molar-refractivity contribution in [2.75, 3.05) is 6.26 Å². The Kier molecular flexibility index (Phi) is 4.30. The van der Waals surface area contributed by atoms with Crippen LogP contribution >= 0.6 is 0 Å². The number of sulfone groups is 1. The Morgan fingerprint density at radius 2 is 1.79 bits per heavy atom. The zero-order chi connectivity index (χ0) is 20.8. The van der Waals surface area contributed by atoms with Crippen LogP contribution in [-0.2, 0) is 9.84 Å². The molecule has 12 heteroatoms. The number of hydrogen-bond acceptors (Lipinski definition) is 7. The number of fused-ring (bicyclic) bond motifs is 1. The van der Waals surface area contributed by atoms with Gasteiger partial charge in [-0.15, -0.1) is 18.3 Å². The van der Waals surface area contributed by atoms with Gasteiger partial charge in [-0.2, -0.15) is 0 Å². The summed E-state index contributed by atoms with van der Waals surface area (Å²) in [5.41, 5.74) is 2.21. The summed E-state index contributed by atoms with van der Waals surface area (Å²) in [7, 11) is -3.64. The Bertz CT molecular complexity index is 1290. The van der Waals surface area contributed by atoms with Crippen LogP contribution in [0.2, 0.25) is 0 Å². The molecule has 0 saturated heterocycles. The summed E-state index contributed by atoms with van der Waals surface area (Å²) in [4.78, 5) is 4.25. The average Bonchev–Trinajstić information content (AvgIpc) is 3.27. The van der Waals surface area contributed by atoms with Gasteiger partial charge in [-0.05, 0) is 42.5 Å². The van der Waals surface area contributed by atoms with Crippen LogP contribution in [0.4, 0.5) is 13.2 Å². The summed E-state index contributed by atoms with van der Waals surface area (Å²) in [6, 6.07) is 10.2. The molecule has 0 bridgehead atoms. The minimum absolute atomic E-state index is 0.00833. The fraction of sp³-hybridized carbons (Fsp3) is 0.118. The molecule has 8 nitrogen and oxygen atoms in total. The van der Waals surface area contributed by atoms with E-state index in [1.807, 2.05) is 0 Å². The van der Waals surface area contributed by atoms with Gasteiger partial charge in [-0.3, -0.25) is 4.57 Å². The summed E-state index contributed by atoms with van der Waals surface area (Å²) in [6.07, 6.45) is -2.31. The molecule has 0 atom stereocenters. The standard InChI is InChI=1S/C17H11F3N4O4S/c1-29(25,26)16-23-22-15(27-16)10-2-7-13-14(8-10)24(9-21-13)11-3-5-12(6-4-11)28-17(18,19)20/h2-9H,1H3. The van der Waals surface area contributed by atoms with E-state index in [0.29, 0.717) is 22.3 Å². The van der Waals surface area contributed by atoms with Crippen molar-refractivity contribution < 1.29 is 30.7 Å². The molecular formula is C17H11F3N4O4S. The van der Waals surface area contributed by atoms with Gasteiger partial charge in [0, 0.05) is 17.5 Å². The molecule has 0 aliphatic carbocycles. The monoisotopic (exact) mass is 424 g/mol. The lowest BCUT2D eigenvalue weighted by Crippen LogP contribution is -2.17. The molecule has 4 aromatic rings. The topological polar surface area (TPSA) is 100 Å². The molecule has 2 heterocycles. The first-order chi connectivity index (χ1) is 13.6. The maximum Gasteiger partial charge on any atom is 0.573 e. The third-order valence-electron chi connectivity index (χ3n) is 3.87. The minimum atomic E-state index is -4.77. The van der Waals surface area contributed by atoms with Crippen molar-refractivity contribution in [2.24, 2.45) is 0 Å². The number of hydrogen-bond donors (Lipinski definition) is 0. The van der Waals surface area contributed by atoms with Gasteiger partial charge >= 0.3 is 11.6 Å². The molecule has 2 aromatic heterocycles. The summed E-state index contributed by atoms with van der Waals surface area (Å²) in [6.45, 7) is 0. The molecule has 0 amide bonds. The molecule has 0 aliphatic rings. The third-order valence-corrected chi connectivity index (χ3v) is 4.67. The maximum absolute atomic E-state index is 12.3. The van der Waals surface area contributed by atoms with Crippen molar-refractivity contribution in [3.05, 3.63) is 48.8 Å². The van der Waals surface area contributed by atoms with Gasteiger partial charge < -0.3 is 9.15 Å². The number of imidazole rings is 1. The second kappa shape index (κ2) is 6.58. The third kappa shape index (κ3) is 3.92. The predicted octanol–water partition coefficient (Wildman–Crippen LogP) is 3.38. The summed E-state index contributed by atoms with van der Waals surface area (Å²) in [5.74, 6) is -0.334. The van der Waals surface area contributed by atoms with Crippen LogP contribution in [0.1, 0.15) is 0 Å². The second-order valence-electron chi connectivity index (χ2n) is 6.01. The van der Waals surface area contributed by atoms with Gasteiger partial charge in [0.1, 0.15) is 12.1 Å². The second-order valence-corrected chi connectivity index (χ2v) is 7.90. The molecule has 0 radical (unpaired) electrons. The summed E-state index contributed by atoms with van der Waals surface area (Å²) < 4.78 is 70.7. The molecule has 0 unspecified atom stereocenters. The molecule has 2 aromatic carbocycles. The first-order valence-electron chi connectivity index (χ1n) is 7.97. The average molecular weight is 424 g/mol. The zero-order valence-corrected chi connectivity index (χ0v) is 15.4. The van der Waals surface area contributed by atoms with E-state index in [0.717, 1.165) is 6.26 Å². The van der Waals surface area contributed by atoms with E-state index in [4.69, 9.17) is 4.42 Å². The molecule has 4 rings (SSSR count). The molecule has 0 spiro atoms. The number of halogens is 3. The number of nitrogens with zero attached hydrogens (tertiary/aromatic N) is 4. The van der Waals surface area contributed by atoms with Gasteiger partial charge in [0.2, 0.25) is 15.7 Å². The molecule has 29 heavy (non-hydrogen) atoms. The van der Waals surface area contributed by atoms with Gasteiger partial charge in [-0.1, -0.05) is 5.10 Å². The zero-order valence-electron chi connectivity index (χ0n) is 14.6.